The van der Waals surface area contributed by atoms with Gasteiger partial charge in [0.25, 0.3) is 0 Å². The molecule has 0 spiro atoms. The van der Waals surface area contributed by atoms with Crippen LogP contribution in [0.15, 0.2) is 24.3 Å². The Morgan fingerprint density at radius 3 is 2.44 bits per heavy atom. The second kappa shape index (κ2) is 3.06. The van der Waals surface area contributed by atoms with E-state index in [1.807, 2.05) is 54.2 Å². The van der Waals surface area contributed by atoms with E-state index in [4.69, 9.17) is 3.07 Å². The molecular weight excluding hydrogens is 227 g/mol. The zero-order valence-corrected chi connectivity index (χ0v) is 7.25. The lowest BCUT2D eigenvalue weighted by Gasteiger charge is -1.98. The standard InChI is InChI=1S/C7H7IO/c1-6-4-2-3-5-7(6)9-8/h2-5H,1H3. The number of para-hydroxylation sites is 1. The van der Waals surface area contributed by atoms with Crippen molar-refractivity contribution >= 4 is 23.0 Å². The van der Waals surface area contributed by atoms with Crippen molar-refractivity contribution in [3.05, 3.63) is 29.8 Å². The molecule has 0 aliphatic rings. The molecule has 0 aliphatic carbocycles. The SMILES string of the molecule is Cc1ccccc1OI. The van der Waals surface area contributed by atoms with E-state index in [1.165, 1.54) is 5.56 Å². The molecule has 0 N–H and O–H groups in total. The van der Waals surface area contributed by atoms with Crippen molar-refractivity contribution in [2.45, 2.75) is 6.92 Å². The minimum absolute atomic E-state index is 0.943. The molecule has 0 saturated carbocycles. The molecule has 0 unspecified atom stereocenters. The summed E-state index contributed by atoms with van der Waals surface area (Å²) in [6.45, 7) is 2.02. The second-order valence-electron chi connectivity index (χ2n) is 1.84. The number of hydrogen-bond donors (Lipinski definition) is 0. The van der Waals surface area contributed by atoms with Crippen LogP contribution in [0.4, 0.5) is 0 Å². The molecule has 1 nitrogen and oxygen atoms in total. The Labute approximate surface area is 68.7 Å². The third kappa shape index (κ3) is 1.58. The average molecular weight is 234 g/mol. The third-order valence-electron chi connectivity index (χ3n) is 1.18. The van der Waals surface area contributed by atoms with Crippen LogP contribution in [-0.2, 0) is 0 Å². The Kier molecular flexibility index (Phi) is 2.33. The maximum Gasteiger partial charge on any atom is 0.192 e. The topological polar surface area (TPSA) is 9.23 Å². The summed E-state index contributed by atoms with van der Waals surface area (Å²) in [6, 6.07) is 7.92. The molecule has 0 fully saturated rings. The van der Waals surface area contributed by atoms with Gasteiger partial charge in [-0.1, -0.05) is 18.2 Å². The Morgan fingerprint density at radius 1 is 1.33 bits per heavy atom. The van der Waals surface area contributed by atoms with Crippen LogP contribution < -0.4 is 3.07 Å². The number of rotatable bonds is 1. The molecule has 1 aromatic carbocycles. The van der Waals surface area contributed by atoms with Crippen LogP contribution in [0, 0.1) is 6.92 Å². The molecule has 1 aromatic rings. The van der Waals surface area contributed by atoms with Gasteiger partial charge in [0.2, 0.25) is 0 Å². The first-order chi connectivity index (χ1) is 4.34. The lowest BCUT2D eigenvalue weighted by molar-refractivity contribution is 0.709. The molecule has 2 heteroatoms. The summed E-state index contributed by atoms with van der Waals surface area (Å²) in [7, 11) is 0. The summed E-state index contributed by atoms with van der Waals surface area (Å²) >= 11 is 1.88. The molecule has 1 rings (SSSR count). The first-order valence-electron chi connectivity index (χ1n) is 2.69. The summed E-state index contributed by atoms with van der Waals surface area (Å²) in [4.78, 5) is 0. The van der Waals surface area contributed by atoms with Crippen molar-refractivity contribution in [2.75, 3.05) is 0 Å². The summed E-state index contributed by atoms with van der Waals surface area (Å²) in [5.41, 5.74) is 1.17. The molecule has 0 bridgehead atoms. The van der Waals surface area contributed by atoms with Crippen LogP contribution in [0.25, 0.3) is 0 Å². The molecule has 0 saturated heterocycles. The van der Waals surface area contributed by atoms with E-state index < -0.39 is 0 Å². The van der Waals surface area contributed by atoms with E-state index in [0.717, 1.165) is 5.75 Å². The zero-order valence-electron chi connectivity index (χ0n) is 5.10. The molecular formula is C7H7IO. The van der Waals surface area contributed by atoms with Gasteiger partial charge in [-0.05, 0) is 18.6 Å². The van der Waals surface area contributed by atoms with Gasteiger partial charge in [0.1, 0.15) is 5.75 Å². The van der Waals surface area contributed by atoms with E-state index in [9.17, 15) is 0 Å². The largest absolute Gasteiger partial charge is 0.427 e. The Balaban J connectivity index is 3.01. The first kappa shape index (κ1) is 6.86. The van der Waals surface area contributed by atoms with Crippen molar-refractivity contribution in [2.24, 2.45) is 0 Å². The van der Waals surface area contributed by atoms with E-state index in [-0.39, 0.29) is 0 Å². The van der Waals surface area contributed by atoms with E-state index >= 15 is 0 Å². The summed E-state index contributed by atoms with van der Waals surface area (Å²) < 4.78 is 5.01. The van der Waals surface area contributed by atoms with Crippen molar-refractivity contribution < 1.29 is 3.07 Å². The fourth-order valence-corrected chi connectivity index (χ4v) is 1.14. The van der Waals surface area contributed by atoms with Gasteiger partial charge in [-0.3, -0.25) is 0 Å². The van der Waals surface area contributed by atoms with Crippen LogP contribution in [0.5, 0.6) is 5.75 Å². The average Bonchev–Trinajstić information content (AvgIpc) is 1.89. The molecule has 0 aliphatic heterocycles. The van der Waals surface area contributed by atoms with E-state index in [0.29, 0.717) is 0 Å². The van der Waals surface area contributed by atoms with Crippen molar-refractivity contribution in [3.63, 3.8) is 0 Å². The predicted octanol–water partition coefficient (Wildman–Crippen LogP) is 2.72. The van der Waals surface area contributed by atoms with Gasteiger partial charge in [-0.25, -0.2) is 0 Å². The zero-order chi connectivity index (χ0) is 6.69. The van der Waals surface area contributed by atoms with Gasteiger partial charge in [0.15, 0.2) is 23.0 Å². The van der Waals surface area contributed by atoms with Crippen LogP contribution >= 0.6 is 23.0 Å². The van der Waals surface area contributed by atoms with Gasteiger partial charge in [0.05, 0.1) is 0 Å². The number of benzene rings is 1. The summed E-state index contributed by atoms with van der Waals surface area (Å²) in [5, 5.41) is 0. The van der Waals surface area contributed by atoms with Crippen LogP contribution in [-0.4, -0.2) is 0 Å². The van der Waals surface area contributed by atoms with E-state index in [1.54, 1.807) is 0 Å². The quantitative estimate of drug-likeness (QED) is 0.679. The molecule has 0 heterocycles. The van der Waals surface area contributed by atoms with Gasteiger partial charge < -0.3 is 3.07 Å². The number of halogens is 1. The van der Waals surface area contributed by atoms with Crippen molar-refractivity contribution in [1.82, 2.24) is 0 Å². The summed E-state index contributed by atoms with van der Waals surface area (Å²) in [6.07, 6.45) is 0. The van der Waals surface area contributed by atoms with Crippen molar-refractivity contribution in [1.29, 1.82) is 0 Å². The Morgan fingerprint density at radius 2 is 2.00 bits per heavy atom. The molecule has 0 aromatic heterocycles. The number of aryl methyl sites for hydroxylation is 1. The maximum absolute atomic E-state index is 5.01. The third-order valence-corrected chi connectivity index (χ3v) is 1.65. The highest BCUT2D eigenvalue weighted by molar-refractivity contribution is 14.1. The highest BCUT2D eigenvalue weighted by Crippen LogP contribution is 2.17. The van der Waals surface area contributed by atoms with Gasteiger partial charge in [0, 0.05) is 0 Å². The second-order valence-corrected chi connectivity index (χ2v) is 2.28. The maximum atomic E-state index is 5.01. The lowest BCUT2D eigenvalue weighted by atomic mass is 10.2. The van der Waals surface area contributed by atoms with Gasteiger partial charge in [-0.2, -0.15) is 0 Å². The number of hydrogen-bond acceptors (Lipinski definition) is 1. The van der Waals surface area contributed by atoms with Crippen LogP contribution in [0.1, 0.15) is 5.56 Å². The molecule has 48 valence electrons. The molecule has 0 amide bonds. The van der Waals surface area contributed by atoms with Gasteiger partial charge >= 0.3 is 0 Å². The Hall–Kier alpha value is -0.250. The first-order valence-corrected chi connectivity index (χ1v) is 3.57. The monoisotopic (exact) mass is 234 g/mol. The fourth-order valence-electron chi connectivity index (χ4n) is 0.643. The molecule has 0 radical (unpaired) electrons. The van der Waals surface area contributed by atoms with Crippen LogP contribution in [0.2, 0.25) is 0 Å². The lowest BCUT2D eigenvalue weighted by Crippen LogP contribution is -1.77. The molecule has 0 atom stereocenters. The highest BCUT2D eigenvalue weighted by atomic mass is 127. The Bertz CT molecular complexity index is 198. The minimum atomic E-state index is 0.943. The molecule has 9 heavy (non-hydrogen) atoms. The normalized spacial score (nSPS) is 9.11. The van der Waals surface area contributed by atoms with Crippen LogP contribution in [0.3, 0.4) is 0 Å². The van der Waals surface area contributed by atoms with Crippen molar-refractivity contribution in [3.8, 4) is 5.75 Å². The minimum Gasteiger partial charge on any atom is -0.427 e. The summed E-state index contributed by atoms with van der Waals surface area (Å²) in [5.74, 6) is 0.943. The fraction of sp³-hybridized carbons (Fsp3) is 0.143. The highest BCUT2D eigenvalue weighted by Gasteiger charge is 1.92. The van der Waals surface area contributed by atoms with Gasteiger partial charge in [-0.15, -0.1) is 0 Å². The smallest absolute Gasteiger partial charge is 0.192 e. The predicted molar refractivity (Wildman–Crippen MR) is 45.8 cm³/mol. The van der Waals surface area contributed by atoms with E-state index in [2.05, 4.69) is 0 Å².